The van der Waals surface area contributed by atoms with Gasteiger partial charge in [-0.2, -0.15) is 0 Å². The number of Topliss-reactive ketones (excluding diaryl/α,β-unsaturated/α-hetero) is 1. The van der Waals surface area contributed by atoms with Crippen molar-refractivity contribution in [1.82, 2.24) is 0 Å². The number of benzene rings is 2. The van der Waals surface area contributed by atoms with Crippen LogP contribution in [0.4, 0.5) is 0 Å². The maximum absolute atomic E-state index is 12.5. The van der Waals surface area contributed by atoms with Crippen molar-refractivity contribution in [3.05, 3.63) is 64.9 Å². The summed E-state index contributed by atoms with van der Waals surface area (Å²) in [6.07, 6.45) is 3.69. The van der Waals surface area contributed by atoms with Crippen molar-refractivity contribution in [2.24, 2.45) is 0 Å². The van der Waals surface area contributed by atoms with Gasteiger partial charge in [0, 0.05) is 6.07 Å². The molecule has 0 unspecified atom stereocenters. The highest BCUT2D eigenvalue weighted by Gasteiger charge is 2.28. The predicted molar refractivity (Wildman–Crippen MR) is 96.9 cm³/mol. The van der Waals surface area contributed by atoms with Crippen molar-refractivity contribution in [2.75, 3.05) is 13.4 Å². The Labute approximate surface area is 151 Å². The second kappa shape index (κ2) is 6.59. The van der Waals surface area contributed by atoms with Crippen LogP contribution in [0.25, 0.3) is 6.08 Å². The van der Waals surface area contributed by atoms with Gasteiger partial charge in [0.05, 0.1) is 5.56 Å². The van der Waals surface area contributed by atoms with Crippen LogP contribution < -0.4 is 18.9 Å². The number of rotatable bonds is 4. The van der Waals surface area contributed by atoms with Crippen LogP contribution in [0.3, 0.4) is 0 Å². The molecule has 26 heavy (non-hydrogen) atoms. The summed E-state index contributed by atoms with van der Waals surface area (Å²) in [4.78, 5) is 12.5. The summed E-state index contributed by atoms with van der Waals surface area (Å²) in [6, 6.07) is 10.7. The van der Waals surface area contributed by atoms with E-state index in [1.807, 2.05) is 38.1 Å². The number of carbonyl (C=O) groups is 1. The molecule has 0 saturated heterocycles. The Kier molecular flexibility index (Phi) is 4.13. The summed E-state index contributed by atoms with van der Waals surface area (Å²) < 4.78 is 22.1. The van der Waals surface area contributed by atoms with Gasteiger partial charge in [-0.25, -0.2) is 0 Å². The summed E-state index contributed by atoms with van der Waals surface area (Å²) in [5, 5.41) is 0. The first kappa shape index (κ1) is 16.3. The van der Waals surface area contributed by atoms with Crippen molar-refractivity contribution in [3.63, 3.8) is 0 Å². The molecule has 2 heterocycles. The molecule has 4 rings (SSSR count). The molecule has 0 aromatic heterocycles. The van der Waals surface area contributed by atoms with E-state index in [-0.39, 0.29) is 18.3 Å². The quantitative estimate of drug-likeness (QED) is 0.605. The summed E-state index contributed by atoms with van der Waals surface area (Å²) in [5.41, 5.74) is 2.53. The number of hydrogen-bond acceptors (Lipinski definition) is 5. The van der Waals surface area contributed by atoms with Crippen LogP contribution in [0.5, 0.6) is 23.0 Å². The first-order valence-corrected chi connectivity index (χ1v) is 8.34. The lowest BCUT2D eigenvalue weighted by Crippen LogP contribution is -1.98. The smallest absolute Gasteiger partial charge is 0.231 e. The molecule has 2 aliphatic heterocycles. The first-order valence-electron chi connectivity index (χ1n) is 8.34. The van der Waals surface area contributed by atoms with Gasteiger partial charge in [-0.1, -0.05) is 11.6 Å². The third-order valence-electron chi connectivity index (χ3n) is 4.08. The van der Waals surface area contributed by atoms with Crippen LogP contribution in [0.2, 0.25) is 0 Å². The minimum atomic E-state index is -0.145. The predicted octanol–water partition coefficient (Wildman–Crippen LogP) is 4.38. The van der Waals surface area contributed by atoms with E-state index >= 15 is 0 Å². The SMILES string of the molecule is CC(C)=CCOc1ccc2c(c1)OC(=Cc1ccc3c(c1)OCO3)C2=O. The third kappa shape index (κ3) is 3.16. The molecule has 0 fully saturated rings. The summed E-state index contributed by atoms with van der Waals surface area (Å²) in [6.45, 7) is 4.72. The third-order valence-corrected chi connectivity index (χ3v) is 4.08. The van der Waals surface area contributed by atoms with E-state index in [0.717, 1.165) is 5.56 Å². The molecular weight excluding hydrogens is 332 g/mol. The highest BCUT2D eigenvalue weighted by molar-refractivity contribution is 6.14. The number of ether oxygens (including phenoxy) is 4. The van der Waals surface area contributed by atoms with Crippen molar-refractivity contribution in [1.29, 1.82) is 0 Å². The first-order chi connectivity index (χ1) is 12.6. The minimum absolute atomic E-state index is 0.145. The standard InChI is InChI=1S/C21H18O5/c1-13(2)7-8-23-15-4-5-16-18(11-15)26-20(21(16)22)10-14-3-6-17-19(9-14)25-12-24-17/h3-7,9-11H,8,12H2,1-2H3. The zero-order valence-electron chi connectivity index (χ0n) is 14.6. The van der Waals surface area contributed by atoms with E-state index in [1.165, 1.54) is 5.57 Å². The van der Waals surface area contributed by atoms with Crippen molar-refractivity contribution < 1.29 is 23.7 Å². The molecule has 0 N–H and O–H groups in total. The topological polar surface area (TPSA) is 54.0 Å². The van der Waals surface area contributed by atoms with Crippen LogP contribution in [-0.2, 0) is 0 Å². The molecule has 2 aliphatic rings. The average Bonchev–Trinajstić information content (AvgIpc) is 3.19. The second-order valence-corrected chi connectivity index (χ2v) is 6.30. The fourth-order valence-electron chi connectivity index (χ4n) is 2.72. The number of hydrogen-bond donors (Lipinski definition) is 0. The normalized spacial score (nSPS) is 15.6. The van der Waals surface area contributed by atoms with Gasteiger partial charge in [0.25, 0.3) is 0 Å². The molecule has 5 nitrogen and oxygen atoms in total. The van der Waals surface area contributed by atoms with Gasteiger partial charge in [-0.15, -0.1) is 0 Å². The number of carbonyl (C=O) groups excluding carboxylic acids is 1. The maximum Gasteiger partial charge on any atom is 0.231 e. The molecule has 0 amide bonds. The number of allylic oxidation sites excluding steroid dienone is 2. The monoisotopic (exact) mass is 350 g/mol. The fourth-order valence-corrected chi connectivity index (χ4v) is 2.72. The molecule has 2 aromatic carbocycles. The van der Waals surface area contributed by atoms with E-state index in [4.69, 9.17) is 18.9 Å². The van der Waals surface area contributed by atoms with Gasteiger partial charge in [0.15, 0.2) is 17.3 Å². The van der Waals surface area contributed by atoms with Gasteiger partial charge < -0.3 is 18.9 Å². The van der Waals surface area contributed by atoms with Crippen LogP contribution in [-0.4, -0.2) is 19.2 Å². The van der Waals surface area contributed by atoms with E-state index < -0.39 is 0 Å². The number of fused-ring (bicyclic) bond motifs is 2. The average molecular weight is 350 g/mol. The minimum Gasteiger partial charge on any atom is -0.489 e. The highest BCUT2D eigenvalue weighted by atomic mass is 16.7. The van der Waals surface area contributed by atoms with Crippen molar-refractivity contribution >= 4 is 11.9 Å². The van der Waals surface area contributed by atoms with Crippen LogP contribution in [0, 0.1) is 0 Å². The number of ketones is 1. The molecule has 0 radical (unpaired) electrons. The molecule has 132 valence electrons. The van der Waals surface area contributed by atoms with E-state index in [2.05, 4.69) is 0 Å². The highest BCUT2D eigenvalue weighted by Crippen LogP contribution is 2.37. The Balaban J connectivity index is 1.54. The lowest BCUT2D eigenvalue weighted by molar-refractivity contribution is 0.101. The van der Waals surface area contributed by atoms with Gasteiger partial charge in [0.1, 0.15) is 18.1 Å². The lowest BCUT2D eigenvalue weighted by Gasteiger charge is -2.05. The maximum atomic E-state index is 12.5. The van der Waals surface area contributed by atoms with Crippen LogP contribution >= 0.6 is 0 Å². The summed E-state index contributed by atoms with van der Waals surface area (Å²) in [7, 11) is 0. The molecular formula is C21H18O5. The van der Waals surface area contributed by atoms with E-state index in [1.54, 1.807) is 24.3 Å². The van der Waals surface area contributed by atoms with Gasteiger partial charge >= 0.3 is 0 Å². The fraction of sp³-hybridized carbons (Fsp3) is 0.190. The van der Waals surface area contributed by atoms with Gasteiger partial charge in [-0.3, -0.25) is 4.79 Å². The van der Waals surface area contributed by atoms with Crippen LogP contribution in [0.15, 0.2) is 53.8 Å². The molecule has 0 spiro atoms. The van der Waals surface area contributed by atoms with Crippen molar-refractivity contribution in [2.45, 2.75) is 13.8 Å². The molecule has 0 aliphatic carbocycles. The Hall–Kier alpha value is -3.21. The van der Waals surface area contributed by atoms with Crippen LogP contribution in [0.1, 0.15) is 29.8 Å². The summed E-state index contributed by atoms with van der Waals surface area (Å²) in [5.74, 6) is 2.67. The molecule has 2 aromatic rings. The lowest BCUT2D eigenvalue weighted by atomic mass is 10.1. The molecule has 0 saturated carbocycles. The Bertz CT molecular complexity index is 935. The summed E-state index contributed by atoms with van der Waals surface area (Å²) >= 11 is 0. The Morgan fingerprint density at radius 2 is 1.92 bits per heavy atom. The Morgan fingerprint density at radius 1 is 1.08 bits per heavy atom. The van der Waals surface area contributed by atoms with Crippen molar-refractivity contribution in [3.8, 4) is 23.0 Å². The molecule has 5 heteroatoms. The Morgan fingerprint density at radius 3 is 2.77 bits per heavy atom. The molecule has 0 bridgehead atoms. The van der Waals surface area contributed by atoms with E-state index in [0.29, 0.717) is 35.2 Å². The van der Waals surface area contributed by atoms with Gasteiger partial charge in [0.2, 0.25) is 12.6 Å². The second-order valence-electron chi connectivity index (χ2n) is 6.30. The van der Waals surface area contributed by atoms with Gasteiger partial charge in [-0.05, 0) is 55.8 Å². The van der Waals surface area contributed by atoms with E-state index in [9.17, 15) is 4.79 Å². The largest absolute Gasteiger partial charge is 0.489 e. The molecule has 0 atom stereocenters. The zero-order valence-corrected chi connectivity index (χ0v) is 14.6. The zero-order chi connectivity index (χ0) is 18.1.